The molecule has 2 heteroatoms. The molecule has 2 nitrogen and oxygen atoms in total. The van der Waals surface area contributed by atoms with E-state index in [1.54, 1.807) is 0 Å². The first-order valence-electron chi connectivity index (χ1n) is 7.10. The molecule has 3 aromatic rings. The number of benzene rings is 2. The summed E-state index contributed by atoms with van der Waals surface area (Å²) in [4.78, 5) is 12.4. The first-order chi connectivity index (χ1) is 10.8. The van der Waals surface area contributed by atoms with Gasteiger partial charge in [0.2, 0.25) is 5.78 Å². The van der Waals surface area contributed by atoms with Crippen molar-refractivity contribution in [3.05, 3.63) is 84.6 Å². The summed E-state index contributed by atoms with van der Waals surface area (Å²) in [5, 5.41) is 0.928. The molecule has 0 amide bonds. The zero-order valence-corrected chi connectivity index (χ0v) is 12.1. The number of hydrogen-bond acceptors (Lipinski definition) is 1. The lowest BCUT2D eigenvalue weighted by atomic mass is 10.1. The summed E-state index contributed by atoms with van der Waals surface area (Å²) in [6, 6.07) is 17.4. The lowest BCUT2D eigenvalue weighted by Gasteiger charge is -1.98. The van der Waals surface area contributed by atoms with E-state index < -0.39 is 0 Å². The summed E-state index contributed by atoms with van der Waals surface area (Å²) in [6.45, 7) is 4.43. The lowest BCUT2D eigenvalue weighted by molar-refractivity contribution is 0.105. The first-order valence-corrected chi connectivity index (χ1v) is 7.10. The van der Waals surface area contributed by atoms with Gasteiger partial charge < -0.3 is 4.57 Å². The van der Waals surface area contributed by atoms with Gasteiger partial charge in [0.15, 0.2) is 0 Å². The highest BCUT2D eigenvalue weighted by atomic mass is 16.1. The molecule has 0 saturated heterocycles. The van der Waals surface area contributed by atoms with Gasteiger partial charge >= 0.3 is 0 Å². The smallest absolute Gasteiger partial charge is 0.238 e. The van der Waals surface area contributed by atoms with E-state index in [9.17, 15) is 4.79 Å². The van der Waals surface area contributed by atoms with Crippen molar-refractivity contribution in [2.24, 2.45) is 0 Å². The summed E-state index contributed by atoms with van der Waals surface area (Å²) < 4.78 is 2.01. The van der Waals surface area contributed by atoms with Gasteiger partial charge in [0.25, 0.3) is 0 Å². The highest BCUT2D eigenvalue weighted by Gasteiger charge is 2.12. The van der Waals surface area contributed by atoms with E-state index in [4.69, 9.17) is 0 Å². The van der Waals surface area contributed by atoms with E-state index in [1.165, 1.54) is 0 Å². The Hall–Kier alpha value is -3.05. The van der Waals surface area contributed by atoms with E-state index in [0.717, 1.165) is 16.5 Å². The third-order valence-electron chi connectivity index (χ3n) is 3.45. The van der Waals surface area contributed by atoms with Gasteiger partial charge in [0.1, 0.15) is 0 Å². The molecule has 0 aliphatic carbocycles. The second-order valence-electron chi connectivity index (χ2n) is 4.95. The van der Waals surface area contributed by atoms with Gasteiger partial charge in [-0.1, -0.05) is 48.4 Å². The predicted octanol–water partition coefficient (Wildman–Crippen LogP) is 4.06. The van der Waals surface area contributed by atoms with Crippen molar-refractivity contribution in [3.63, 3.8) is 0 Å². The predicted molar refractivity (Wildman–Crippen MR) is 89.8 cm³/mol. The Bertz CT molecular complexity index is 892. The molecule has 22 heavy (non-hydrogen) atoms. The van der Waals surface area contributed by atoms with Gasteiger partial charge in [-0.3, -0.25) is 4.79 Å². The topological polar surface area (TPSA) is 22.0 Å². The fraction of sp³-hybridized carbons (Fsp3) is 0.0500. The minimum Gasteiger partial charge on any atom is -0.343 e. The number of nitrogens with zero attached hydrogens (tertiary/aromatic N) is 1. The largest absolute Gasteiger partial charge is 0.343 e. The maximum Gasteiger partial charge on any atom is 0.238 e. The molecule has 0 N–H and O–H groups in total. The Kier molecular flexibility index (Phi) is 3.89. The number of Topliss-reactive ketones (excluding diaryl/α,β-unsaturated/α-hetero) is 1. The van der Waals surface area contributed by atoms with E-state index in [1.807, 2.05) is 71.4 Å². The molecule has 106 valence electrons. The van der Waals surface area contributed by atoms with Gasteiger partial charge in [-0.25, -0.2) is 0 Å². The van der Waals surface area contributed by atoms with Crippen molar-refractivity contribution in [3.8, 4) is 11.8 Å². The fourth-order valence-electron chi connectivity index (χ4n) is 2.44. The molecule has 1 heterocycles. The summed E-state index contributed by atoms with van der Waals surface area (Å²) >= 11 is 0. The van der Waals surface area contributed by atoms with Crippen molar-refractivity contribution >= 4 is 16.7 Å². The van der Waals surface area contributed by atoms with Gasteiger partial charge in [0.05, 0.1) is 5.56 Å². The highest BCUT2D eigenvalue weighted by Crippen LogP contribution is 2.21. The van der Waals surface area contributed by atoms with Crippen LogP contribution in [0.5, 0.6) is 0 Å². The van der Waals surface area contributed by atoms with Crippen LogP contribution in [0, 0.1) is 11.8 Å². The minimum absolute atomic E-state index is 0.164. The summed E-state index contributed by atoms with van der Waals surface area (Å²) in [5.41, 5.74) is 2.50. The number of carbonyl (C=O) groups is 1. The van der Waals surface area contributed by atoms with Crippen LogP contribution in [0.4, 0.5) is 0 Å². The third kappa shape index (κ3) is 2.70. The van der Waals surface area contributed by atoms with Crippen molar-refractivity contribution in [1.82, 2.24) is 4.57 Å². The Morgan fingerprint density at radius 1 is 1.09 bits per heavy atom. The molecule has 0 unspecified atom stereocenters. The summed E-state index contributed by atoms with van der Waals surface area (Å²) in [7, 11) is 0. The molecule has 0 radical (unpaired) electrons. The van der Waals surface area contributed by atoms with Crippen LogP contribution in [0.15, 0.2) is 73.4 Å². The van der Waals surface area contributed by atoms with E-state index in [2.05, 4.69) is 18.4 Å². The second-order valence-corrected chi connectivity index (χ2v) is 4.95. The number of ketones is 1. The van der Waals surface area contributed by atoms with Crippen LogP contribution in [0.25, 0.3) is 10.9 Å². The van der Waals surface area contributed by atoms with Crippen molar-refractivity contribution in [2.45, 2.75) is 6.54 Å². The van der Waals surface area contributed by atoms with Gasteiger partial charge in [-0.2, -0.15) is 0 Å². The molecule has 0 spiro atoms. The van der Waals surface area contributed by atoms with Crippen LogP contribution in [0.1, 0.15) is 15.9 Å². The minimum atomic E-state index is -0.164. The van der Waals surface area contributed by atoms with Crippen molar-refractivity contribution < 1.29 is 4.79 Å². The van der Waals surface area contributed by atoms with Gasteiger partial charge in [-0.15, -0.1) is 6.58 Å². The van der Waals surface area contributed by atoms with E-state index in [0.29, 0.717) is 12.1 Å². The standard InChI is InChI=1S/C20H15NO/c1-2-14-21-15-18(17-10-6-7-11-19(17)21)20(22)13-12-16-8-4-3-5-9-16/h2-11,15H,1,14H2. The molecule has 2 aromatic carbocycles. The molecule has 0 fully saturated rings. The number of hydrogen-bond donors (Lipinski definition) is 0. The number of allylic oxidation sites excluding steroid dienone is 1. The Morgan fingerprint density at radius 3 is 2.59 bits per heavy atom. The molecule has 3 rings (SSSR count). The van der Waals surface area contributed by atoms with Crippen LogP contribution < -0.4 is 0 Å². The maximum absolute atomic E-state index is 12.4. The average Bonchev–Trinajstić information content (AvgIpc) is 2.93. The van der Waals surface area contributed by atoms with Crippen LogP contribution >= 0.6 is 0 Å². The molecule has 0 bridgehead atoms. The average molecular weight is 285 g/mol. The summed E-state index contributed by atoms with van der Waals surface area (Å²) in [5.74, 6) is 5.49. The number of aromatic nitrogens is 1. The van der Waals surface area contributed by atoms with Crippen LogP contribution in [-0.4, -0.2) is 10.4 Å². The molecule has 0 aliphatic heterocycles. The Morgan fingerprint density at radius 2 is 1.82 bits per heavy atom. The number of para-hydroxylation sites is 1. The van der Waals surface area contributed by atoms with Crippen LogP contribution in [0.3, 0.4) is 0 Å². The molecule has 0 aliphatic rings. The molecule has 0 atom stereocenters. The molecule has 1 aromatic heterocycles. The van der Waals surface area contributed by atoms with Gasteiger partial charge in [-0.05, 0) is 24.1 Å². The Balaban J connectivity index is 2.01. The SMILES string of the molecule is C=CCn1cc(C(=O)C#Cc2ccccc2)c2ccccc21. The highest BCUT2D eigenvalue weighted by molar-refractivity contribution is 6.16. The maximum atomic E-state index is 12.4. The van der Waals surface area contributed by atoms with Gasteiger partial charge in [0, 0.05) is 29.2 Å². The molecule has 0 saturated carbocycles. The van der Waals surface area contributed by atoms with Crippen LogP contribution in [0.2, 0.25) is 0 Å². The molecular weight excluding hydrogens is 270 g/mol. The normalized spacial score (nSPS) is 10.0. The number of rotatable bonds is 3. The quantitative estimate of drug-likeness (QED) is 0.404. The van der Waals surface area contributed by atoms with E-state index >= 15 is 0 Å². The van der Waals surface area contributed by atoms with E-state index in [-0.39, 0.29) is 5.78 Å². The number of carbonyl (C=O) groups excluding carboxylic acids is 1. The van der Waals surface area contributed by atoms with Crippen molar-refractivity contribution in [1.29, 1.82) is 0 Å². The first kappa shape index (κ1) is 13.9. The lowest BCUT2D eigenvalue weighted by Crippen LogP contribution is -1.95. The second kappa shape index (κ2) is 6.15. The third-order valence-corrected chi connectivity index (χ3v) is 3.45. The Labute approximate surface area is 129 Å². The monoisotopic (exact) mass is 285 g/mol. The summed E-state index contributed by atoms with van der Waals surface area (Å²) in [6.07, 6.45) is 3.67. The fourth-order valence-corrected chi connectivity index (χ4v) is 2.44. The zero-order valence-electron chi connectivity index (χ0n) is 12.1. The van der Waals surface area contributed by atoms with Crippen molar-refractivity contribution in [2.75, 3.05) is 0 Å². The molecular formula is C20H15NO. The number of fused-ring (bicyclic) bond motifs is 1. The zero-order chi connectivity index (χ0) is 15.4. The van der Waals surface area contributed by atoms with Crippen LogP contribution in [-0.2, 0) is 6.54 Å².